The van der Waals surface area contributed by atoms with Gasteiger partial charge in [-0.1, -0.05) is 65.8 Å². The Labute approximate surface area is 242 Å². The number of rotatable bonds is 6. The summed E-state index contributed by atoms with van der Waals surface area (Å²) in [6, 6.07) is 12.1. The molecule has 0 bridgehead atoms. The van der Waals surface area contributed by atoms with Crippen LogP contribution in [0.15, 0.2) is 66.7 Å². The van der Waals surface area contributed by atoms with Gasteiger partial charge in [-0.05, 0) is 81.7 Å². The van der Waals surface area contributed by atoms with Crippen LogP contribution in [0.25, 0.3) is 17.1 Å². The van der Waals surface area contributed by atoms with Crippen LogP contribution in [-0.2, 0) is 22.1 Å². The van der Waals surface area contributed by atoms with Crippen LogP contribution >= 0.6 is 0 Å². The van der Waals surface area contributed by atoms with Gasteiger partial charge in [-0.3, -0.25) is 4.21 Å². The van der Waals surface area contributed by atoms with Gasteiger partial charge in [0.15, 0.2) is 0 Å². The van der Waals surface area contributed by atoms with E-state index in [4.69, 9.17) is 4.74 Å². The van der Waals surface area contributed by atoms with E-state index in [2.05, 4.69) is 66.3 Å². The van der Waals surface area contributed by atoms with Crippen LogP contribution in [0.1, 0.15) is 77.6 Å². The van der Waals surface area contributed by atoms with Gasteiger partial charge in [0.2, 0.25) is 0 Å². The number of hydrogen-bond acceptors (Lipinski definition) is 4. The fourth-order valence-corrected chi connectivity index (χ4v) is 4.30. The van der Waals surface area contributed by atoms with Crippen LogP contribution in [-0.4, -0.2) is 52.1 Å². The molecule has 3 aromatic rings. The molecule has 6 heteroatoms. The minimum Gasteiger partial charge on any atom is -0.378 e. The number of aromatic nitrogens is 2. The molecule has 39 heavy (non-hydrogen) atoms. The highest BCUT2D eigenvalue weighted by Gasteiger charge is 2.03. The minimum atomic E-state index is -0.840. The Kier molecular flexibility index (Phi) is 25.5. The second kappa shape index (κ2) is 25.7. The van der Waals surface area contributed by atoms with E-state index in [1.807, 2.05) is 72.0 Å². The molecule has 0 spiro atoms. The maximum Gasteiger partial charge on any atom is 0.137 e. The van der Waals surface area contributed by atoms with Crippen molar-refractivity contribution in [3.63, 3.8) is 0 Å². The van der Waals surface area contributed by atoms with Gasteiger partial charge in [0.05, 0.1) is 17.4 Å². The number of allylic oxidation sites excluding steroid dienone is 1. The summed E-state index contributed by atoms with van der Waals surface area (Å²) in [5.41, 5.74) is 4.30. The molecule has 0 saturated carbocycles. The van der Waals surface area contributed by atoms with Crippen molar-refractivity contribution in [2.24, 2.45) is 0 Å². The third-order valence-corrected chi connectivity index (χ3v) is 6.53. The fourth-order valence-electron chi connectivity index (χ4n) is 3.47. The number of benzene rings is 1. The van der Waals surface area contributed by atoms with Gasteiger partial charge in [-0.25, -0.2) is 4.98 Å². The van der Waals surface area contributed by atoms with E-state index in [0.717, 1.165) is 33.6 Å². The summed E-state index contributed by atoms with van der Waals surface area (Å²) in [5.74, 6) is 0.681. The van der Waals surface area contributed by atoms with E-state index in [9.17, 15) is 4.21 Å². The number of likely N-dealkylation sites (tertiary alicyclic amines) is 1. The lowest BCUT2D eigenvalue weighted by Gasteiger charge is -2.01. The normalized spacial score (nSPS) is 12.7. The number of H-pyrrole nitrogens is 1. The molecule has 1 aromatic carbocycles. The first-order chi connectivity index (χ1) is 19.0. The third kappa shape index (κ3) is 16.9. The first-order valence-electron chi connectivity index (χ1n) is 14.2. The Morgan fingerprint density at radius 3 is 2.23 bits per heavy atom. The standard InChI is InChI=1S/C12H16OS.C10H12N2O.C5H11N.2C2H6.C2H4/c1-3-5-7-11-8-6-9-12(10-11)14(13)4-2;1-7-3-8-4-9(6-13-2)12-10(8)11-5-7;1-6-4-2-3-5-6;3*1-2/h5-10H,3-4H2,1-2H3;3-5H,6H2,1-2H3,(H,11,12);2-5H2,1H3;2*1-2H3;1-2H2/b7-5+;;;;;. The molecule has 0 aliphatic carbocycles. The molecule has 1 fully saturated rings. The molecule has 0 radical (unpaired) electrons. The lowest BCUT2D eigenvalue weighted by atomic mass is 10.2. The monoisotopic (exact) mass is 557 g/mol. The van der Waals surface area contributed by atoms with E-state index in [-0.39, 0.29) is 0 Å². The SMILES string of the molecule is C=C.CC.CC.CC/C=C/c1cccc(S(=O)CC)c1.CN1CCCC1.COCc1cc2cc(C)cnc2[nH]1. The van der Waals surface area contributed by atoms with Crippen molar-refractivity contribution in [3.05, 3.63) is 78.6 Å². The number of aromatic amines is 1. The zero-order valence-corrected chi connectivity index (χ0v) is 27.0. The van der Waals surface area contributed by atoms with Crippen LogP contribution in [0.2, 0.25) is 0 Å². The number of pyridine rings is 1. The summed E-state index contributed by atoms with van der Waals surface area (Å²) >= 11 is 0. The molecule has 4 rings (SSSR count). The summed E-state index contributed by atoms with van der Waals surface area (Å²) in [4.78, 5) is 10.7. The average Bonchev–Trinajstić information content (AvgIpc) is 3.64. The van der Waals surface area contributed by atoms with Gasteiger partial charge >= 0.3 is 0 Å². The molecule has 2 aromatic heterocycles. The van der Waals surface area contributed by atoms with Crippen molar-refractivity contribution in [1.82, 2.24) is 14.9 Å². The predicted molar refractivity (Wildman–Crippen MR) is 175 cm³/mol. The van der Waals surface area contributed by atoms with Gasteiger partial charge in [0.25, 0.3) is 0 Å². The average molecular weight is 558 g/mol. The van der Waals surface area contributed by atoms with Gasteiger partial charge in [0, 0.05) is 35.0 Å². The van der Waals surface area contributed by atoms with Gasteiger partial charge in [-0.2, -0.15) is 0 Å². The van der Waals surface area contributed by atoms with E-state index in [1.165, 1.54) is 31.5 Å². The summed E-state index contributed by atoms with van der Waals surface area (Å²) in [5, 5.41) is 1.15. The molecule has 1 N–H and O–H groups in total. The lowest BCUT2D eigenvalue weighted by Crippen LogP contribution is -2.10. The second-order valence-electron chi connectivity index (χ2n) is 8.21. The summed E-state index contributed by atoms with van der Waals surface area (Å²) < 4.78 is 16.6. The highest BCUT2D eigenvalue weighted by Crippen LogP contribution is 2.14. The van der Waals surface area contributed by atoms with Crippen molar-refractivity contribution < 1.29 is 8.95 Å². The molecular weight excluding hydrogens is 502 g/mol. The van der Waals surface area contributed by atoms with Crippen molar-refractivity contribution in [1.29, 1.82) is 0 Å². The second-order valence-corrected chi connectivity index (χ2v) is 9.95. The summed E-state index contributed by atoms with van der Waals surface area (Å²) in [7, 11) is 3.02. The first kappa shape index (κ1) is 38.6. The maximum absolute atomic E-state index is 11.5. The zero-order valence-electron chi connectivity index (χ0n) is 26.2. The van der Waals surface area contributed by atoms with Gasteiger partial charge in [0.1, 0.15) is 5.65 Å². The molecule has 5 nitrogen and oxygen atoms in total. The van der Waals surface area contributed by atoms with Crippen LogP contribution in [0.3, 0.4) is 0 Å². The van der Waals surface area contributed by atoms with Crippen LogP contribution in [0, 0.1) is 6.92 Å². The predicted octanol–water partition coefficient (Wildman–Crippen LogP) is 8.82. The number of nitrogens with one attached hydrogen (secondary N) is 1. The Bertz CT molecular complexity index is 1040. The fraction of sp³-hybridized carbons (Fsp3) is 0.485. The highest BCUT2D eigenvalue weighted by atomic mass is 32.2. The van der Waals surface area contributed by atoms with E-state index in [1.54, 1.807) is 7.11 Å². The number of hydrogen-bond donors (Lipinski definition) is 1. The summed E-state index contributed by atoms with van der Waals surface area (Å²) in [6.07, 6.45) is 9.88. The van der Waals surface area contributed by atoms with E-state index >= 15 is 0 Å². The third-order valence-electron chi connectivity index (χ3n) is 5.22. The van der Waals surface area contributed by atoms with Crippen molar-refractivity contribution in [2.45, 2.75) is 79.2 Å². The van der Waals surface area contributed by atoms with Crippen molar-refractivity contribution in [2.75, 3.05) is 33.0 Å². The zero-order chi connectivity index (χ0) is 30.1. The number of aryl methyl sites for hydroxylation is 1. The molecule has 1 unspecified atom stereocenters. The first-order valence-corrected chi connectivity index (χ1v) is 15.5. The topological polar surface area (TPSA) is 58.2 Å². The van der Waals surface area contributed by atoms with Crippen LogP contribution in [0.4, 0.5) is 0 Å². The Hall–Kier alpha value is -2.54. The Balaban J connectivity index is 0. The molecule has 3 heterocycles. The molecular formula is C33H55N3O2S. The minimum absolute atomic E-state index is 0.607. The van der Waals surface area contributed by atoms with E-state index in [0.29, 0.717) is 12.4 Å². The molecule has 1 aliphatic heterocycles. The molecule has 1 aliphatic rings. The number of nitrogens with zero attached hydrogens (tertiary/aromatic N) is 2. The molecule has 220 valence electrons. The maximum atomic E-state index is 11.5. The van der Waals surface area contributed by atoms with Crippen molar-refractivity contribution >= 4 is 27.9 Å². The molecule has 0 amide bonds. The summed E-state index contributed by atoms with van der Waals surface area (Å²) in [6.45, 7) is 23.3. The van der Waals surface area contributed by atoms with Crippen LogP contribution in [0.5, 0.6) is 0 Å². The molecule has 1 atom stereocenters. The number of fused-ring (bicyclic) bond motifs is 1. The van der Waals surface area contributed by atoms with Gasteiger partial charge in [-0.15, -0.1) is 13.2 Å². The molecule has 1 saturated heterocycles. The van der Waals surface area contributed by atoms with Crippen LogP contribution < -0.4 is 0 Å². The highest BCUT2D eigenvalue weighted by molar-refractivity contribution is 7.85. The number of methoxy groups -OCH3 is 1. The Morgan fingerprint density at radius 2 is 1.72 bits per heavy atom. The number of ether oxygens (including phenoxy) is 1. The quantitative estimate of drug-likeness (QED) is 0.308. The largest absolute Gasteiger partial charge is 0.378 e. The van der Waals surface area contributed by atoms with E-state index < -0.39 is 10.8 Å². The smallest absolute Gasteiger partial charge is 0.137 e. The van der Waals surface area contributed by atoms with Gasteiger partial charge < -0.3 is 14.6 Å². The van der Waals surface area contributed by atoms with Crippen molar-refractivity contribution in [3.8, 4) is 0 Å². The lowest BCUT2D eigenvalue weighted by molar-refractivity contribution is 0.182. The Morgan fingerprint density at radius 1 is 1.08 bits per heavy atom.